The monoisotopic (exact) mass is 211 g/mol. The molecule has 4 heteroatoms. The fourth-order valence-electron chi connectivity index (χ4n) is 2.45. The van der Waals surface area contributed by atoms with Gasteiger partial charge in [0.05, 0.1) is 6.54 Å². The lowest BCUT2D eigenvalue weighted by molar-refractivity contribution is -0.136. The molecule has 4 nitrogen and oxygen atoms in total. The van der Waals surface area contributed by atoms with Gasteiger partial charge < -0.3 is 10.6 Å². The van der Waals surface area contributed by atoms with Crippen molar-refractivity contribution in [3.8, 4) is 0 Å². The first-order chi connectivity index (χ1) is 7.20. The van der Waals surface area contributed by atoms with Crippen LogP contribution in [0.1, 0.15) is 19.8 Å². The quantitative estimate of drug-likeness (QED) is 0.708. The minimum absolute atomic E-state index is 0.297. The highest BCUT2D eigenvalue weighted by Crippen LogP contribution is 2.22. The number of nitrogens with zero attached hydrogens (tertiary/aromatic N) is 2. The van der Waals surface area contributed by atoms with Crippen LogP contribution in [0.15, 0.2) is 0 Å². The second-order valence-corrected chi connectivity index (χ2v) is 4.85. The Balaban J connectivity index is 1.81. The molecule has 2 N–H and O–H groups in total. The number of hydrogen-bond acceptors (Lipinski definition) is 3. The molecule has 0 aromatic carbocycles. The molecule has 15 heavy (non-hydrogen) atoms. The van der Waals surface area contributed by atoms with E-state index in [2.05, 4.69) is 11.8 Å². The van der Waals surface area contributed by atoms with Crippen LogP contribution in [0.5, 0.6) is 0 Å². The van der Waals surface area contributed by atoms with Gasteiger partial charge in [0.25, 0.3) is 0 Å². The van der Waals surface area contributed by atoms with Crippen molar-refractivity contribution >= 4 is 5.91 Å². The lowest BCUT2D eigenvalue weighted by Gasteiger charge is -2.33. The van der Waals surface area contributed by atoms with E-state index in [-0.39, 0.29) is 0 Å². The minimum Gasteiger partial charge on any atom is -0.341 e. The summed E-state index contributed by atoms with van der Waals surface area (Å²) in [6.45, 7) is 6.45. The van der Waals surface area contributed by atoms with Crippen molar-refractivity contribution < 1.29 is 4.79 Å². The molecule has 0 spiro atoms. The predicted molar refractivity (Wildman–Crippen MR) is 59.4 cm³/mol. The van der Waals surface area contributed by atoms with E-state index in [1.54, 1.807) is 0 Å². The van der Waals surface area contributed by atoms with Crippen LogP contribution in [-0.4, -0.2) is 54.5 Å². The Kier molecular flexibility index (Phi) is 3.26. The number of carbonyl (C=O) groups excluding carboxylic acids is 1. The van der Waals surface area contributed by atoms with Crippen molar-refractivity contribution in [2.75, 3.05) is 32.7 Å². The largest absolute Gasteiger partial charge is 0.341 e. The van der Waals surface area contributed by atoms with Gasteiger partial charge in [0.2, 0.25) is 5.91 Å². The lowest BCUT2D eigenvalue weighted by atomic mass is 10.1. The number of rotatable bonds is 3. The summed E-state index contributed by atoms with van der Waals surface area (Å²) in [5.41, 5.74) is 5.66. The fraction of sp³-hybridized carbons (Fsp3) is 0.909. The van der Waals surface area contributed by atoms with Gasteiger partial charge in [-0.2, -0.15) is 0 Å². The normalized spacial score (nSPS) is 31.7. The molecule has 0 saturated carbocycles. The molecule has 2 fully saturated rings. The Hall–Kier alpha value is -0.610. The molecular formula is C11H21N3O. The van der Waals surface area contributed by atoms with Crippen LogP contribution in [0.3, 0.4) is 0 Å². The summed E-state index contributed by atoms with van der Waals surface area (Å²) in [5, 5.41) is 0. The summed E-state index contributed by atoms with van der Waals surface area (Å²) in [7, 11) is 0. The molecule has 2 atom stereocenters. The van der Waals surface area contributed by atoms with Crippen molar-refractivity contribution in [1.29, 1.82) is 0 Å². The maximum atomic E-state index is 11.8. The molecule has 2 aliphatic heterocycles. The van der Waals surface area contributed by atoms with Crippen LogP contribution in [0, 0.1) is 5.92 Å². The first-order valence-corrected chi connectivity index (χ1v) is 5.92. The van der Waals surface area contributed by atoms with E-state index in [4.69, 9.17) is 5.73 Å². The van der Waals surface area contributed by atoms with Gasteiger partial charge in [-0.15, -0.1) is 0 Å². The highest BCUT2D eigenvalue weighted by atomic mass is 16.2. The molecule has 0 radical (unpaired) electrons. The Bertz CT molecular complexity index is 240. The van der Waals surface area contributed by atoms with Crippen LogP contribution >= 0.6 is 0 Å². The zero-order chi connectivity index (χ0) is 10.8. The van der Waals surface area contributed by atoms with Crippen molar-refractivity contribution in [2.24, 2.45) is 11.7 Å². The van der Waals surface area contributed by atoms with E-state index in [0.717, 1.165) is 32.6 Å². The molecule has 0 aromatic rings. The third-order valence-electron chi connectivity index (χ3n) is 3.67. The first-order valence-electron chi connectivity index (χ1n) is 5.92. The van der Waals surface area contributed by atoms with Gasteiger partial charge in [0, 0.05) is 25.7 Å². The molecule has 1 amide bonds. The molecule has 0 aliphatic carbocycles. The van der Waals surface area contributed by atoms with E-state index >= 15 is 0 Å². The Morgan fingerprint density at radius 2 is 2.20 bits per heavy atom. The molecule has 0 aromatic heterocycles. The number of likely N-dealkylation sites (tertiary alicyclic amines) is 2. The van der Waals surface area contributed by atoms with Crippen molar-refractivity contribution in [3.63, 3.8) is 0 Å². The average molecular weight is 211 g/mol. The summed E-state index contributed by atoms with van der Waals surface area (Å²) in [6.07, 6.45) is 2.32. The predicted octanol–water partition coefficient (Wildman–Crippen LogP) is -0.112. The van der Waals surface area contributed by atoms with Gasteiger partial charge >= 0.3 is 0 Å². The summed E-state index contributed by atoms with van der Waals surface area (Å²) in [6, 6.07) is 0.517. The second-order valence-electron chi connectivity index (χ2n) is 4.85. The Morgan fingerprint density at radius 1 is 1.47 bits per heavy atom. The smallest absolute Gasteiger partial charge is 0.236 e. The van der Waals surface area contributed by atoms with E-state index < -0.39 is 0 Å². The number of nitrogens with two attached hydrogens (primary N) is 1. The molecule has 86 valence electrons. The SMILES string of the molecule is CC1CC(CN)CN1CC(=O)N1CCC1. The third-order valence-corrected chi connectivity index (χ3v) is 3.67. The Morgan fingerprint density at radius 3 is 2.67 bits per heavy atom. The van der Waals surface area contributed by atoms with E-state index in [0.29, 0.717) is 24.4 Å². The average Bonchev–Trinajstić information content (AvgIpc) is 2.44. The van der Waals surface area contributed by atoms with Crippen LogP contribution < -0.4 is 5.73 Å². The van der Waals surface area contributed by atoms with Crippen LogP contribution in [0.2, 0.25) is 0 Å². The summed E-state index contributed by atoms with van der Waals surface area (Å²) < 4.78 is 0. The van der Waals surface area contributed by atoms with Gasteiger partial charge in [-0.3, -0.25) is 9.69 Å². The first kappa shape index (κ1) is 10.9. The number of carbonyl (C=O) groups is 1. The van der Waals surface area contributed by atoms with Crippen molar-refractivity contribution in [3.05, 3.63) is 0 Å². The molecule has 2 aliphatic rings. The molecule has 2 unspecified atom stereocenters. The minimum atomic E-state index is 0.297. The van der Waals surface area contributed by atoms with Gasteiger partial charge in [0.15, 0.2) is 0 Å². The topological polar surface area (TPSA) is 49.6 Å². The number of hydrogen-bond donors (Lipinski definition) is 1. The van der Waals surface area contributed by atoms with E-state index in [1.807, 2.05) is 4.90 Å². The molecule has 2 rings (SSSR count). The molecule has 0 bridgehead atoms. The molecular weight excluding hydrogens is 190 g/mol. The lowest BCUT2D eigenvalue weighted by Crippen LogP contribution is -2.47. The van der Waals surface area contributed by atoms with E-state index in [9.17, 15) is 4.79 Å². The van der Waals surface area contributed by atoms with Crippen molar-refractivity contribution in [2.45, 2.75) is 25.8 Å². The van der Waals surface area contributed by atoms with Gasteiger partial charge in [-0.25, -0.2) is 0 Å². The van der Waals surface area contributed by atoms with Gasteiger partial charge in [-0.05, 0) is 32.2 Å². The third kappa shape index (κ3) is 2.32. The second kappa shape index (κ2) is 4.49. The standard InChI is InChI=1S/C11H21N3O/c1-9-5-10(6-12)7-14(9)8-11(15)13-3-2-4-13/h9-10H,2-8,12H2,1H3. The highest BCUT2D eigenvalue weighted by molar-refractivity contribution is 5.79. The fourth-order valence-corrected chi connectivity index (χ4v) is 2.45. The maximum absolute atomic E-state index is 11.8. The highest BCUT2D eigenvalue weighted by Gasteiger charge is 2.31. The summed E-state index contributed by atoms with van der Waals surface area (Å²) in [5.74, 6) is 0.884. The summed E-state index contributed by atoms with van der Waals surface area (Å²) in [4.78, 5) is 16.0. The van der Waals surface area contributed by atoms with Gasteiger partial charge in [-0.1, -0.05) is 0 Å². The van der Waals surface area contributed by atoms with Crippen LogP contribution in [0.25, 0.3) is 0 Å². The van der Waals surface area contributed by atoms with E-state index in [1.165, 1.54) is 6.42 Å². The molecule has 2 heterocycles. The zero-order valence-corrected chi connectivity index (χ0v) is 9.48. The van der Waals surface area contributed by atoms with Gasteiger partial charge in [0.1, 0.15) is 0 Å². The number of amides is 1. The Labute approximate surface area is 91.4 Å². The van der Waals surface area contributed by atoms with Crippen molar-refractivity contribution in [1.82, 2.24) is 9.80 Å². The molecule has 2 saturated heterocycles. The zero-order valence-electron chi connectivity index (χ0n) is 9.48. The van der Waals surface area contributed by atoms with Crippen LogP contribution in [0.4, 0.5) is 0 Å². The maximum Gasteiger partial charge on any atom is 0.236 e. The summed E-state index contributed by atoms with van der Waals surface area (Å²) >= 11 is 0. The van der Waals surface area contributed by atoms with Crippen LogP contribution in [-0.2, 0) is 4.79 Å².